The summed E-state index contributed by atoms with van der Waals surface area (Å²) in [4.78, 5) is 11.5. The second-order valence-electron chi connectivity index (χ2n) is 13.9. The van der Waals surface area contributed by atoms with Crippen LogP contribution in [-0.2, 0) is 9.53 Å². The van der Waals surface area contributed by atoms with E-state index >= 15 is 0 Å². The van der Waals surface area contributed by atoms with Crippen LogP contribution in [0.4, 0.5) is 0 Å². The first-order valence-electron chi connectivity index (χ1n) is 14.8. The number of carbonyl (C=O) groups excluding carboxylic acids is 1. The zero-order chi connectivity index (χ0) is 24.0. The standard InChI is InChI=1S/C31H54O2/c1-8-23(20(2)3)10-9-21(4)27-13-14-28-26-12-11-24-19-25(33-22(5)32)15-17-30(24,6)29(26)16-18-31(27,28)7/h20-21,23-29H,8-19H2,1-7H3/t21-,23-,24+,25-,26+,27+,28-,29-,30+,31-/m1/s1. The summed E-state index contributed by atoms with van der Waals surface area (Å²) >= 11 is 0. The van der Waals surface area contributed by atoms with Crippen LogP contribution in [0.25, 0.3) is 0 Å². The minimum Gasteiger partial charge on any atom is -0.463 e. The number of ether oxygens (including phenoxy) is 1. The molecule has 0 aliphatic heterocycles. The number of hydrogen-bond donors (Lipinski definition) is 0. The van der Waals surface area contributed by atoms with Gasteiger partial charge < -0.3 is 4.74 Å². The molecule has 4 aliphatic carbocycles. The van der Waals surface area contributed by atoms with Crippen molar-refractivity contribution < 1.29 is 9.53 Å². The SMILES string of the molecule is CC[C@H](CC[C@@H](C)[C@@H]1CC[C@@H]2[C@@H]3CC[C@H]4C[C@H](OC(C)=O)CC[C@]4(C)[C@@H]3CC[C@@]21C)C(C)C. The lowest BCUT2D eigenvalue weighted by atomic mass is 9.44. The van der Waals surface area contributed by atoms with E-state index < -0.39 is 0 Å². The second kappa shape index (κ2) is 9.85. The van der Waals surface area contributed by atoms with Crippen LogP contribution in [0.2, 0.25) is 0 Å². The topological polar surface area (TPSA) is 26.3 Å². The maximum Gasteiger partial charge on any atom is 0.302 e. The van der Waals surface area contributed by atoms with E-state index in [2.05, 4.69) is 41.5 Å². The predicted octanol–water partition coefficient (Wildman–Crippen LogP) is 8.68. The molecule has 4 rings (SSSR count). The monoisotopic (exact) mass is 458 g/mol. The largest absolute Gasteiger partial charge is 0.463 e. The lowest BCUT2D eigenvalue weighted by Gasteiger charge is -2.61. The molecule has 0 N–H and O–H groups in total. The molecule has 10 atom stereocenters. The van der Waals surface area contributed by atoms with Gasteiger partial charge in [-0.25, -0.2) is 0 Å². The van der Waals surface area contributed by atoms with Crippen molar-refractivity contribution in [1.82, 2.24) is 0 Å². The van der Waals surface area contributed by atoms with E-state index in [-0.39, 0.29) is 12.1 Å². The molecule has 2 heteroatoms. The van der Waals surface area contributed by atoms with Crippen molar-refractivity contribution in [3.05, 3.63) is 0 Å². The van der Waals surface area contributed by atoms with Crippen molar-refractivity contribution in [1.29, 1.82) is 0 Å². The Balaban J connectivity index is 1.42. The van der Waals surface area contributed by atoms with E-state index in [4.69, 9.17) is 4.74 Å². The molecule has 0 heterocycles. The summed E-state index contributed by atoms with van der Waals surface area (Å²) < 4.78 is 5.67. The van der Waals surface area contributed by atoms with Crippen LogP contribution in [0, 0.1) is 58.2 Å². The molecular weight excluding hydrogens is 404 g/mol. The highest BCUT2D eigenvalue weighted by Gasteiger charge is 2.60. The Labute approximate surface area is 205 Å². The van der Waals surface area contributed by atoms with Gasteiger partial charge in [-0.1, -0.05) is 54.4 Å². The Hall–Kier alpha value is -0.530. The highest BCUT2D eigenvalue weighted by molar-refractivity contribution is 5.66. The molecule has 4 aliphatic rings. The van der Waals surface area contributed by atoms with Crippen molar-refractivity contribution >= 4 is 5.97 Å². The van der Waals surface area contributed by atoms with Crippen molar-refractivity contribution in [2.45, 2.75) is 132 Å². The molecule has 190 valence electrons. The van der Waals surface area contributed by atoms with Crippen LogP contribution in [0.15, 0.2) is 0 Å². The zero-order valence-corrected chi connectivity index (χ0v) is 23.0. The summed E-state index contributed by atoms with van der Waals surface area (Å²) in [5.74, 6) is 7.06. The first kappa shape index (κ1) is 25.6. The third-order valence-electron chi connectivity index (χ3n) is 12.2. The van der Waals surface area contributed by atoms with E-state index in [1.165, 1.54) is 64.2 Å². The van der Waals surface area contributed by atoms with Gasteiger partial charge in [0.2, 0.25) is 0 Å². The van der Waals surface area contributed by atoms with Gasteiger partial charge in [0.05, 0.1) is 0 Å². The van der Waals surface area contributed by atoms with Gasteiger partial charge in [0, 0.05) is 6.92 Å². The van der Waals surface area contributed by atoms with Crippen LogP contribution in [0.1, 0.15) is 126 Å². The highest BCUT2D eigenvalue weighted by Crippen LogP contribution is 2.68. The number of carbonyl (C=O) groups is 1. The molecule has 4 fully saturated rings. The van der Waals surface area contributed by atoms with Crippen molar-refractivity contribution in [2.24, 2.45) is 58.2 Å². The lowest BCUT2D eigenvalue weighted by molar-refractivity contribution is -0.160. The summed E-state index contributed by atoms with van der Waals surface area (Å²) in [7, 11) is 0. The minimum atomic E-state index is -0.0875. The first-order chi connectivity index (χ1) is 15.6. The molecule has 2 nitrogen and oxygen atoms in total. The molecule has 4 saturated carbocycles. The first-order valence-corrected chi connectivity index (χ1v) is 14.8. The van der Waals surface area contributed by atoms with Gasteiger partial charge in [-0.3, -0.25) is 4.79 Å². The summed E-state index contributed by atoms with van der Waals surface area (Å²) in [5, 5.41) is 0. The van der Waals surface area contributed by atoms with E-state index in [9.17, 15) is 4.79 Å². The number of hydrogen-bond acceptors (Lipinski definition) is 2. The molecule has 0 aromatic carbocycles. The Morgan fingerprint density at radius 1 is 0.909 bits per heavy atom. The van der Waals surface area contributed by atoms with Crippen LogP contribution in [0.3, 0.4) is 0 Å². The minimum absolute atomic E-state index is 0.0875. The van der Waals surface area contributed by atoms with Gasteiger partial charge in [0.1, 0.15) is 6.10 Å². The summed E-state index contributed by atoms with van der Waals surface area (Å²) in [6, 6.07) is 0. The van der Waals surface area contributed by atoms with E-state index in [1.807, 2.05) is 0 Å². The van der Waals surface area contributed by atoms with E-state index in [0.29, 0.717) is 10.8 Å². The highest BCUT2D eigenvalue weighted by atomic mass is 16.5. The Kier molecular flexibility index (Phi) is 7.63. The average molecular weight is 459 g/mol. The molecule has 0 bridgehead atoms. The van der Waals surface area contributed by atoms with Crippen LogP contribution >= 0.6 is 0 Å². The molecule has 0 spiro atoms. The van der Waals surface area contributed by atoms with Gasteiger partial charge in [0.25, 0.3) is 0 Å². The fourth-order valence-corrected chi connectivity index (χ4v) is 10.2. The Bertz CT molecular complexity index is 684. The lowest BCUT2D eigenvalue weighted by Crippen LogP contribution is -2.54. The molecule has 0 unspecified atom stereocenters. The molecule has 33 heavy (non-hydrogen) atoms. The molecule has 0 saturated heterocycles. The predicted molar refractivity (Wildman–Crippen MR) is 138 cm³/mol. The summed E-state index contributed by atoms with van der Waals surface area (Å²) in [6.45, 7) is 16.8. The third-order valence-corrected chi connectivity index (χ3v) is 12.2. The number of fused-ring (bicyclic) bond motifs is 5. The van der Waals surface area contributed by atoms with Crippen LogP contribution < -0.4 is 0 Å². The average Bonchev–Trinajstić information content (AvgIpc) is 3.11. The van der Waals surface area contributed by atoms with Gasteiger partial charge in [0.15, 0.2) is 0 Å². The molecule has 0 aromatic rings. The molecular formula is C31H54O2. The van der Waals surface area contributed by atoms with Crippen LogP contribution in [-0.4, -0.2) is 12.1 Å². The van der Waals surface area contributed by atoms with Gasteiger partial charge >= 0.3 is 5.97 Å². The van der Waals surface area contributed by atoms with Crippen molar-refractivity contribution in [2.75, 3.05) is 0 Å². The third kappa shape index (κ3) is 4.67. The van der Waals surface area contributed by atoms with Crippen molar-refractivity contribution in [3.63, 3.8) is 0 Å². The van der Waals surface area contributed by atoms with Gasteiger partial charge in [-0.15, -0.1) is 0 Å². The van der Waals surface area contributed by atoms with Gasteiger partial charge in [-0.2, -0.15) is 0 Å². The maximum absolute atomic E-state index is 11.5. The Morgan fingerprint density at radius 3 is 2.27 bits per heavy atom. The molecule has 0 amide bonds. The smallest absolute Gasteiger partial charge is 0.302 e. The van der Waals surface area contributed by atoms with Gasteiger partial charge in [-0.05, 0) is 122 Å². The van der Waals surface area contributed by atoms with Crippen LogP contribution in [0.5, 0.6) is 0 Å². The molecule has 0 aromatic heterocycles. The zero-order valence-electron chi connectivity index (χ0n) is 23.0. The van der Waals surface area contributed by atoms with E-state index in [1.54, 1.807) is 6.92 Å². The normalized spacial score (nSPS) is 44.5. The van der Waals surface area contributed by atoms with Crippen molar-refractivity contribution in [3.8, 4) is 0 Å². The van der Waals surface area contributed by atoms with E-state index in [0.717, 1.165) is 60.2 Å². The summed E-state index contributed by atoms with van der Waals surface area (Å²) in [5.41, 5.74) is 1.06. The summed E-state index contributed by atoms with van der Waals surface area (Å²) in [6.07, 6.45) is 16.6. The second-order valence-corrected chi connectivity index (χ2v) is 13.9. The number of esters is 1. The Morgan fingerprint density at radius 2 is 1.61 bits per heavy atom. The maximum atomic E-state index is 11.5. The fourth-order valence-electron chi connectivity index (χ4n) is 10.2. The molecule has 0 radical (unpaired) electrons. The quantitative estimate of drug-likeness (QED) is 0.357. The fraction of sp³-hybridized carbons (Fsp3) is 0.968. The number of rotatable bonds is 7.